The van der Waals surface area contributed by atoms with E-state index in [9.17, 15) is 0 Å². The number of rotatable bonds is 4. The Hall–Kier alpha value is -2.04. The summed E-state index contributed by atoms with van der Waals surface area (Å²) in [6, 6.07) is 14.1. The van der Waals surface area contributed by atoms with Crippen molar-refractivity contribution < 1.29 is 14.5 Å². The predicted octanol–water partition coefficient (Wildman–Crippen LogP) is 3.03. The second-order valence-electron chi connectivity index (χ2n) is 4.67. The summed E-state index contributed by atoms with van der Waals surface area (Å²) in [4.78, 5) is 14.0. The quantitative estimate of drug-likeness (QED) is 0.443. The highest BCUT2D eigenvalue weighted by Gasteiger charge is 2.23. The van der Waals surface area contributed by atoms with Crippen LogP contribution in [0.25, 0.3) is 21.8 Å². The van der Waals surface area contributed by atoms with Gasteiger partial charge in [-0.05, 0) is 18.2 Å². The van der Waals surface area contributed by atoms with Crippen LogP contribution in [-0.4, -0.2) is 24.3 Å². The zero-order valence-electron chi connectivity index (χ0n) is 10.3. The monoisotopic (exact) mass is 255 g/mol. The van der Waals surface area contributed by atoms with Gasteiger partial charge in [-0.15, -0.1) is 0 Å². The topological polar surface area (TPSA) is 46.8 Å². The molecule has 1 aliphatic rings. The Morgan fingerprint density at radius 3 is 2.84 bits per heavy atom. The normalized spacial score (nSPS) is 18.0. The molecule has 0 spiro atoms. The van der Waals surface area contributed by atoms with E-state index in [0.717, 1.165) is 34.2 Å². The third-order valence-corrected chi connectivity index (χ3v) is 3.30. The zero-order valence-corrected chi connectivity index (χ0v) is 10.3. The van der Waals surface area contributed by atoms with Gasteiger partial charge in [-0.2, -0.15) is 4.89 Å². The van der Waals surface area contributed by atoms with Crippen LogP contribution in [0.15, 0.2) is 42.5 Å². The number of aromatic nitrogens is 1. The molecule has 1 atom stereocenters. The van der Waals surface area contributed by atoms with Gasteiger partial charge in [0, 0.05) is 10.9 Å². The first-order valence-electron chi connectivity index (χ1n) is 6.32. The van der Waals surface area contributed by atoms with Crippen LogP contribution in [0.2, 0.25) is 0 Å². The van der Waals surface area contributed by atoms with Crippen molar-refractivity contribution in [2.75, 3.05) is 13.2 Å². The second-order valence-corrected chi connectivity index (χ2v) is 4.67. The summed E-state index contributed by atoms with van der Waals surface area (Å²) in [5.41, 5.74) is 2.14. The average molecular weight is 255 g/mol. The third-order valence-electron chi connectivity index (χ3n) is 3.30. The number of hydrogen-bond donors (Lipinski definition) is 1. The van der Waals surface area contributed by atoms with Gasteiger partial charge >= 0.3 is 0 Å². The minimum Gasteiger partial charge on any atom is -0.370 e. The van der Waals surface area contributed by atoms with Crippen molar-refractivity contribution in [3.63, 3.8) is 0 Å². The van der Waals surface area contributed by atoms with E-state index in [4.69, 9.17) is 14.5 Å². The molecule has 1 unspecified atom stereocenters. The van der Waals surface area contributed by atoms with Crippen LogP contribution in [-0.2, 0) is 9.62 Å². The van der Waals surface area contributed by atoms with Gasteiger partial charge in [-0.3, -0.25) is 0 Å². The van der Waals surface area contributed by atoms with E-state index in [1.54, 1.807) is 0 Å². The van der Waals surface area contributed by atoms with Gasteiger partial charge in [0.25, 0.3) is 0 Å². The van der Waals surface area contributed by atoms with Gasteiger partial charge in [0.15, 0.2) is 5.75 Å². The van der Waals surface area contributed by atoms with Crippen molar-refractivity contribution in [2.45, 2.75) is 6.10 Å². The number of H-pyrrole nitrogens is 1. The summed E-state index contributed by atoms with van der Waals surface area (Å²) in [5.74, 6) is 0.732. The van der Waals surface area contributed by atoms with Crippen LogP contribution in [0.5, 0.6) is 5.75 Å². The smallest absolute Gasteiger partial charge is 0.175 e. The molecule has 96 valence electrons. The summed E-state index contributed by atoms with van der Waals surface area (Å²) in [6.07, 6.45) is 0.196. The Morgan fingerprint density at radius 1 is 1.11 bits per heavy atom. The number of epoxide rings is 1. The van der Waals surface area contributed by atoms with Crippen molar-refractivity contribution in [1.82, 2.24) is 4.98 Å². The standard InChI is InChI=1S/C15H13NO3/c1-2-5-12-11(4-1)15-13(16-12)6-3-7-14(15)19-18-9-10-8-17-10/h1-7,10,16H,8-9H2. The summed E-state index contributed by atoms with van der Waals surface area (Å²) < 4.78 is 5.08. The van der Waals surface area contributed by atoms with Crippen LogP contribution in [0.4, 0.5) is 0 Å². The first-order valence-corrected chi connectivity index (χ1v) is 6.32. The molecule has 4 rings (SSSR count). The molecule has 1 fully saturated rings. The molecule has 4 heteroatoms. The third kappa shape index (κ3) is 1.95. The molecule has 1 saturated heterocycles. The van der Waals surface area contributed by atoms with Gasteiger partial charge in [0.05, 0.1) is 17.5 Å². The lowest BCUT2D eigenvalue weighted by molar-refractivity contribution is -0.208. The van der Waals surface area contributed by atoms with Crippen molar-refractivity contribution >= 4 is 21.8 Å². The Morgan fingerprint density at radius 2 is 1.95 bits per heavy atom. The fourth-order valence-corrected chi connectivity index (χ4v) is 2.28. The molecule has 1 N–H and O–H groups in total. The molecule has 0 radical (unpaired) electrons. The molecular formula is C15H13NO3. The molecule has 3 aromatic rings. The first kappa shape index (κ1) is 10.8. The highest BCUT2D eigenvalue weighted by Crippen LogP contribution is 2.33. The predicted molar refractivity (Wildman–Crippen MR) is 72.1 cm³/mol. The maximum atomic E-state index is 5.44. The van der Waals surface area contributed by atoms with Crippen molar-refractivity contribution in [2.24, 2.45) is 0 Å². The zero-order chi connectivity index (χ0) is 12.7. The molecule has 0 saturated carbocycles. The second kappa shape index (κ2) is 4.26. The minimum absolute atomic E-state index is 0.196. The molecular weight excluding hydrogens is 242 g/mol. The van der Waals surface area contributed by atoms with E-state index in [0.29, 0.717) is 6.61 Å². The van der Waals surface area contributed by atoms with Crippen LogP contribution in [0.3, 0.4) is 0 Å². The molecule has 2 aromatic carbocycles. The van der Waals surface area contributed by atoms with Crippen LogP contribution in [0, 0.1) is 0 Å². The van der Waals surface area contributed by atoms with Crippen LogP contribution in [0.1, 0.15) is 0 Å². The Kier molecular flexibility index (Phi) is 2.43. The molecule has 1 aromatic heterocycles. The van der Waals surface area contributed by atoms with E-state index >= 15 is 0 Å². The lowest BCUT2D eigenvalue weighted by atomic mass is 10.1. The van der Waals surface area contributed by atoms with Gasteiger partial charge in [0.2, 0.25) is 0 Å². The maximum absolute atomic E-state index is 5.44. The minimum atomic E-state index is 0.196. The van der Waals surface area contributed by atoms with E-state index in [-0.39, 0.29) is 6.10 Å². The summed E-state index contributed by atoms with van der Waals surface area (Å²) in [7, 11) is 0. The molecule has 0 amide bonds. The largest absolute Gasteiger partial charge is 0.370 e. The van der Waals surface area contributed by atoms with Crippen LogP contribution >= 0.6 is 0 Å². The Bertz CT molecular complexity index is 730. The number of benzene rings is 2. The number of nitrogens with one attached hydrogen (secondary N) is 1. The number of aromatic amines is 1. The highest BCUT2D eigenvalue weighted by molar-refractivity contribution is 6.10. The molecule has 0 aliphatic carbocycles. The summed E-state index contributed by atoms with van der Waals surface area (Å²) >= 11 is 0. The number of hydrogen-bond acceptors (Lipinski definition) is 3. The summed E-state index contributed by atoms with van der Waals surface area (Å²) in [6.45, 7) is 1.24. The highest BCUT2D eigenvalue weighted by atomic mass is 17.2. The number of fused-ring (bicyclic) bond motifs is 3. The van der Waals surface area contributed by atoms with E-state index in [1.807, 2.05) is 30.3 Å². The Balaban J connectivity index is 1.75. The number of ether oxygens (including phenoxy) is 1. The molecule has 0 bridgehead atoms. The molecule has 19 heavy (non-hydrogen) atoms. The molecule has 2 heterocycles. The van der Waals surface area contributed by atoms with Crippen LogP contribution < -0.4 is 4.89 Å². The lowest BCUT2D eigenvalue weighted by Gasteiger charge is -2.05. The Labute approximate surface area is 109 Å². The van der Waals surface area contributed by atoms with Crippen molar-refractivity contribution in [3.05, 3.63) is 42.5 Å². The van der Waals surface area contributed by atoms with Gasteiger partial charge in [-0.1, -0.05) is 24.3 Å². The first-order chi connectivity index (χ1) is 9.42. The number of para-hydroxylation sites is 1. The fourth-order valence-electron chi connectivity index (χ4n) is 2.28. The van der Waals surface area contributed by atoms with Gasteiger partial charge < -0.3 is 14.6 Å². The lowest BCUT2D eigenvalue weighted by Crippen LogP contribution is -2.04. The molecule has 4 nitrogen and oxygen atoms in total. The average Bonchev–Trinajstić information content (AvgIpc) is 3.17. The maximum Gasteiger partial charge on any atom is 0.175 e. The van der Waals surface area contributed by atoms with E-state index in [1.165, 1.54) is 0 Å². The SMILES string of the molecule is c1ccc2c(c1)[nH]c1cccc(OOCC3CO3)c12. The van der Waals surface area contributed by atoms with E-state index < -0.39 is 0 Å². The van der Waals surface area contributed by atoms with Gasteiger partial charge in [-0.25, -0.2) is 0 Å². The summed E-state index contributed by atoms with van der Waals surface area (Å²) in [5, 5.41) is 2.19. The fraction of sp³-hybridized carbons (Fsp3) is 0.200. The van der Waals surface area contributed by atoms with E-state index in [2.05, 4.69) is 17.1 Å². The van der Waals surface area contributed by atoms with Gasteiger partial charge in [0.1, 0.15) is 12.7 Å². The van der Waals surface area contributed by atoms with Crippen molar-refractivity contribution in [3.8, 4) is 5.75 Å². The van der Waals surface area contributed by atoms with Crippen molar-refractivity contribution in [1.29, 1.82) is 0 Å². The molecule has 1 aliphatic heterocycles.